The number of carbonyl (C=O) groups is 2. The zero-order valence-corrected chi connectivity index (χ0v) is 16.3. The van der Waals surface area contributed by atoms with E-state index >= 15 is 0 Å². The first-order valence-corrected chi connectivity index (χ1v) is 9.35. The zero-order chi connectivity index (χ0) is 21.9. The Morgan fingerprint density at radius 2 is 1.50 bits per heavy atom. The average Bonchev–Trinajstić information content (AvgIpc) is 2.71. The molecule has 0 radical (unpaired) electrons. The maximum absolute atomic E-state index is 13.2. The van der Waals surface area contributed by atoms with Crippen molar-refractivity contribution in [1.29, 1.82) is 0 Å². The van der Waals surface area contributed by atoms with Gasteiger partial charge in [-0.05, 0) is 42.5 Å². The average molecular weight is 445 g/mol. The molecule has 160 valence electrons. The molecule has 0 aliphatic carbocycles. The summed E-state index contributed by atoms with van der Waals surface area (Å²) in [5, 5.41) is 0.0198. The maximum atomic E-state index is 13.2. The Hall–Kier alpha value is -2.81. The molecule has 2 aromatic rings. The van der Waals surface area contributed by atoms with Crippen LogP contribution in [0, 0.1) is 5.82 Å². The van der Waals surface area contributed by atoms with Crippen LogP contribution in [-0.4, -0.2) is 60.6 Å². The Balaban J connectivity index is 1.56. The third-order valence-electron chi connectivity index (χ3n) is 4.52. The maximum Gasteiger partial charge on any atom is 0.422 e. The molecule has 3 rings (SSSR count). The minimum Gasteiger partial charge on any atom is -0.484 e. The summed E-state index contributed by atoms with van der Waals surface area (Å²) in [5.41, 5.74) is 0.489. The van der Waals surface area contributed by atoms with Gasteiger partial charge in [0.25, 0.3) is 11.8 Å². The van der Waals surface area contributed by atoms with Crippen LogP contribution in [0.3, 0.4) is 0 Å². The highest BCUT2D eigenvalue weighted by molar-refractivity contribution is 6.33. The molecule has 1 fully saturated rings. The first kappa shape index (κ1) is 21.9. The number of rotatable bonds is 4. The van der Waals surface area contributed by atoms with Crippen molar-refractivity contribution < 1.29 is 31.9 Å². The van der Waals surface area contributed by atoms with Gasteiger partial charge in [-0.3, -0.25) is 9.59 Å². The van der Waals surface area contributed by atoms with Crippen LogP contribution in [0.1, 0.15) is 20.7 Å². The number of benzene rings is 2. The monoisotopic (exact) mass is 444 g/mol. The van der Waals surface area contributed by atoms with Gasteiger partial charge in [-0.25, -0.2) is 4.39 Å². The summed E-state index contributed by atoms with van der Waals surface area (Å²) in [4.78, 5) is 28.2. The predicted molar refractivity (Wildman–Crippen MR) is 101 cm³/mol. The van der Waals surface area contributed by atoms with Crippen LogP contribution in [0.4, 0.5) is 17.6 Å². The molecule has 1 saturated heterocycles. The summed E-state index contributed by atoms with van der Waals surface area (Å²) in [5.74, 6) is -1.18. The molecule has 0 aromatic heterocycles. The van der Waals surface area contributed by atoms with Crippen molar-refractivity contribution in [3.8, 4) is 5.75 Å². The van der Waals surface area contributed by atoms with E-state index in [1.165, 1.54) is 35.2 Å². The van der Waals surface area contributed by atoms with E-state index in [0.29, 0.717) is 5.56 Å². The normalized spacial score (nSPS) is 14.6. The van der Waals surface area contributed by atoms with Crippen LogP contribution >= 0.6 is 11.6 Å². The van der Waals surface area contributed by atoms with Crippen LogP contribution in [0.2, 0.25) is 5.02 Å². The van der Waals surface area contributed by atoms with Crippen molar-refractivity contribution in [2.45, 2.75) is 6.18 Å². The lowest BCUT2D eigenvalue weighted by Gasteiger charge is -2.35. The van der Waals surface area contributed by atoms with E-state index < -0.39 is 18.6 Å². The highest BCUT2D eigenvalue weighted by Gasteiger charge is 2.29. The van der Waals surface area contributed by atoms with Crippen molar-refractivity contribution in [2.24, 2.45) is 0 Å². The van der Waals surface area contributed by atoms with Gasteiger partial charge in [-0.15, -0.1) is 0 Å². The number of alkyl halides is 3. The molecule has 1 heterocycles. The van der Waals surface area contributed by atoms with E-state index in [9.17, 15) is 27.2 Å². The number of carbonyl (C=O) groups excluding carboxylic acids is 2. The Bertz CT molecular complexity index is 927. The summed E-state index contributed by atoms with van der Waals surface area (Å²) >= 11 is 5.94. The van der Waals surface area contributed by atoms with E-state index in [2.05, 4.69) is 4.74 Å². The van der Waals surface area contributed by atoms with E-state index in [4.69, 9.17) is 11.6 Å². The fourth-order valence-corrected chi connectivity index (χ4v) is 3.24. The van der Waals surface area contributed by atoms with Crippen molar-refractivity contribution in [2.75, 3.05) is 32.8 Å². The first-order valence-electron chi connectivity index (χ1n) is 8.97. The summed E-state index contributed by atoms with van der Waals surface area (Å²) < 4.78 is 54.4. The summed E-state index contributed by atoms with van der Waals surface area (Å²) in [6.07, 6.45) is -4.44. The van der Waals surface area contributed by atoms with Gasteiger partial charge in [-0.2, -0.15) is 13.2 Å². The van der Waals surface area contributed by atoms with Gasteiger partial charge in [0.2, 0.25) is 0 Å². The highest BCUT2D eigenvalue weighted by Crippen LogP contribution is 2.21. The van der Waals surface area contributed by atoms with Crippen LogP contribution in [0.5, 0.6) is 5.75 Å². The number of halogens is 5. The molecule has 2 amide bonds. The summed E-state index contributed by atoms with van der Waals surface area (Å²) in [6.45, 7) is -0.324. The third kappa shape index (κ3) is 5.41. The third-order valence-corrected chi connectivity index (χ3v) is 4.83. The SMILES string of the molecule is O=C(c1ccc(OCC(F)(F)F)cc1)N1CCN(C(=O)c2ccc(F)cc2Cl)CC1. The van der Waals surface area contributed by atoms with Crippen LogP contribution < -0.4 is 4.74 Å². The molecule has 1 aliphatic heterocycles. The Labute approximate surface area is 174 Å². The number of amides is 2. The minimum atomic E-state index is -4.44. The van der Waals surface area contributed by atoms with Crippen molar-refractivity contribution in [3.63, 3.8) is 0 Å². The summed E-state index contributed by atoms with van der Waals surface area (Å²) in [7, 11) is 0. The molecule has 10 heteroatoms. The van der Waals surface area contributed by atoms with E-state index in [0.717, 1.165) is 12.1 Å². The second-order valence-corrected chi connectivity index (χ2v) is 7.04. The van der Waals surface area contributed by atoms with Gasteiger partial charge in [0.05, 0.1) is 10.6 Å². The van der Waals surface area contributed by atoms with Crippen molar-refractivity contribution in [3.05, 3.63) is 64.4 Å². The second kappa shape index (κ2) is 8.91. The molecule has 2 aromatic carbocycles. The van der Waals surface area contributed by atoms with Gasteiger partial charge >= 0.3 is 6.18 Å². The predicted octanol–water partition coefficient (Wildman–Crippen LogP) is 4.02. The molecule has 1 aliphatic rings. The van der Waals surface area contributed by atoms with Crippen LogP contribution in [0.25, 0.3) is 0 Å². The fourth-order valence-electron chi connectivity index (χ4n) is 2.99. The van der Waals surface area contributed by atoms with Crippen LogP contribution in [-0.2, 0) is 0 Å². The zero-order valence-electron chi connectivity index (χ0n) is 15.6. The van der Waals surface area contributed by atoms with Gasteiger partial charge in [0.1, 0.15) is 11.6 Å². The lowest BCUT2D eigenvalue weighted by Crippen LogP contribution is -2.50. The molecule has 0 unspecified atom stereocenters. The van der Waals surface area contributed by atoms with Gasteiger partial charge in [0, 0.05) is 31.7 Å². The smallest absolute Gasteiger partial charge is 0.422 e. The molecular formula is C20H17ClF4N2O3. The molecule has 0 saturated carbocycles. The first-order chi connectivity index (χ1) is 14.1. The molecule has 30 heavy (non-hydrogen) atoms. The van der Waals surface area contributed by atoms with Gasteiger partial charge in [-0.1, -0.05) is 11.6 Å². The number of nitrogens with zero attached hydrogens (tertiary/aromatic N) is 2. The van der Waals surface area contributed by atoms with Gasteiger partial charge in [0.15, 0.2) is 6.61 Å². The van der Waals surface area contributed by atoms with Gasteiger partial charge < -0.3 is 14.5 Å². The largest absolute Gasteiger partial charge is 0.484 e. The number of piperazine rings is 1. The number of hydrogen-bond donors (Lipinski definition) is 0. The standard InChI is InChI=1S/C20H17ClF4N2O3/c21-17-11-14(22)3-6-16(17)19(29)27-9-7-26(8-10-27)18(28)13-1-4-15(5-2-13)30-12-20(23,24)25/h1-6,11H,7-10,12H2. The molecular weight excluding hydrogens is 428 g/mol. The van der Waals surface area contributed by atoms with Crippen molar-refractivity contribution in [1.82, 2.24) is 9.80 Å². The topological polar surface area (TPSA) is 49.9 Å². The van der Waals surface area contributed by atoms with E-state index in [-0.39, 0.29) is 54.3 Å². The minimum absolute atomic E-state index is 0.00969. The molecule has 0 atom stereocenters. The lowest BCUT2D eigenvalue weighted by molar-refractivity contribution is -0.153. The second-order valence-electron chi connectivity index (χ2n) is 6.64. The summed E-state index contributed by atoms with van der Waals surface area (Å²) in [6, 6.07) is 8.93. The van der Waals surface area contributed by atoms with Crippen LogP contribution in [0.15, 0.2) is 42.5 Å². The molecule has 0 spiro atoms. The van der Waals surface area contributed by atoms with Crippen molar-refractivity contribution >= 4 is 23.4 Å². The molecule has 0 bridgehead atoms. The molecule has 5 nitrogen and oxygen atoms in total. The Kier molecular flexibility index (Phi) is 6.50. The number of ether oxygens (including phenoxy) is 1. The Morgan fingerprint density at radius 1 is 0.933 bits per heavy atom. The molecule has 0 N–H and O–H groups in total. The quantitative estimate of drug-likeness (QED) is 0.669. The lowest BCUT2D eigenvalue weighted by atomic mass is 10.1. The Morgan fingerprint density at radius 3 is 2.03 bits per heavy atom. The van der Waals surface area contributed by atoms with E-state index in [1.807, 2.05) is 0 Å². The van der Waals surface area contributed by atoms with E-state index in [1.54, 1.807) is 4.90 Å². The number of hydrogen-bond acceptors (Lipinski definition) is 3. The highest BCUT2D eigenvalue weighted by atomic mass is 35.5. The fraction of sp³-hybridized carbons (Fsp3) is 0.300.